The number of carbonyl (C=O) groups excluding carboxylic acids is 2. The van der Waals surface area contributed by atoms with Crippen LogP contribution >= 0.6 is 11.3 Å². The number of pyridine rings is 1. The standard InChI is InChI=1S/C24H22N6O2S/c1-13-10-16(12-26-11-13)20-18-8-9-19-22(33-24(28-19)27-14(2)31)21(18)30(29-20)17-6-4-15(5-7-17)23(32)25-3/h4-7,10-12H,8-9H2,1-3H3,(H,25,32)(H,27,28,31). The molecule has 8 nitrogen and oxygen atoms in total. The first kappa shape index (κ1) is 21.0. The third kappa shape index (κ3) is 3.80. The molecule has 3 aromatic heterocycles. The van der Waals surface area contributed by atoms with E-state index < -0.39 is 0 Å². The van der Waals surface area contributed by atoms with Gasteiger partial charge in [0.25, 0.3) is 5.91 Å². The maximum atomic E-state index is 12.0. The SMILES string of the molecule is CNC(=O)c1ccc(-n2nc(-c3cncc(C)c3)c3c2-c2sc(NC(C)=O)nc2CC3)cc1. The van der Waals surface area contributed by atoms with Gasteiger partial charge in [0.15, 0.2) is 5.13 Å². The Balaban J connectivity index is 1.70. The Labute approximate surface area is 194 Å². The highest BCUT2D eigenvalue weighted by atomic mass is 32.1. The van der Waals surface area contributed by atoms with Crippen molar-refractivity contribution in [1.82, 2.24) is 25.1 Å². The molecule has 4 aromatic rings. The number of aryl methyl sites for hydroxylation is 2. The number of anilines is 1. The topological polar surface area (TPSA) is 102 Å². The minimum atomic E-state index is -0.147. The zero-order chi connectivity index (χ0) is 23.1. The van der Waals surface area contributed by atoms with Crippen LogP contribution < -0.4 is 10.6 Å². The van der Waals surface area contributed by atoms with Crippen LogP contribution in [0.2, 0.25) is 0 Å². The van der Waals surface area contributed by atoms with Crippen molar-refractivity contribution >= 4 is 28.3 Å². The number of fused-ring (bicyclic) bond motifs is 3. The van der Waals surface area contributed by atoms with Crippen LogP contribution in [0.15, 0.2) is 42.7 Å². The van der Waals surface area contributed by atoms with Gasteiger partial charge in [0, 0.05) is 43.1 Å². The van der Waals surface area contributed by atoms with Gasteiger partial charge >= 0.3 is 0 Å². The highest BCUT2D eigenvalue weighted by Gasteiger charge is 2.30. The van der Waals surface area contributed by atoms with Gasteiger partial charge in [-0.1, -0.05) is 11.3 Å². The molecule has 0 saturated heterocycles. The largest absolute Gasteiger partial charge is 0.355 e. The Kier molecular flexibility index (Phi) is 5.26. The first-order valence-corrected chi connectivity index (χ1v) is 11.4. The van der Waals surface area contributed by atoms with Crippen molar-refractivity contribution in [3.05, 3.63) is 65.1 Å². The summed E-state index contributed by atoms with van der Waals surface area (Å²) >= 11 is 1.45. The second kappa shape index (κ2) is 8.25. The lowest BCUT2D eigenvalue weighted by molar-refractivity contribution is -0.114. The summed E-state index contributed by atoms with van der Waals surface area (Å²) in [4.78, 5) is 33.6. The lowest BCUT2D eigenvalue weighted by atomic mass is 9.95. The maximum absolute atomic E-state index is 12.0. The molecule has 5 rings (SSSR count). The lowest BCUT2D eigenvalue weighted by Gasteiger charge is -2.14. The van der Waals surface area contributed by atoms with Crippen molar-refractivity contribution in [1.29, 1.82) is 0 Å². The molecule has 0 aliphatic heterocycles. The minimum absolute atomic E-state index is 0.139. The second-order valence-electron chi connectivity index (χ2n) is 7.94. The number of hydrogen-bond acceptors (Lipinski definition) is 6. The summed E-state index contributed by atoms with van der Waals surface area (Å²) in [5.41, 5.74) is 7.38. The van der Waals surface area contributed by atoms with Crippen LogP contribution in [0.4, 0.5) is 5.13 Å². The Morgan fingerprint density at radius 1 is 1.12 bits per heavy atom. The van der Waals surface area contributed by atoms with Gasteiger partial charge in [0.1, 0.15) is 0 Å². The molecule has 0 spiro atoms. The molecule has 2 N–H and O–H groups in total. The van der Waals surface area contributed by atoms with Crippen molar-refractivity contribution in [2.75, 3.05) is 12.4 Å². The van der Waals surface area contributed by atoms with Gasteiger partial charge < -0.3 is 10.6 Å². The Morgan fingerprint density at radius 3 is 2.61 bits per heavy atom. The van der Waals surface area contributed by atoms with E-state index in [1.165, 1.54) is 18.3 Å². The molecule has 0 radical (unpaired) electrons. The number of amides is 2. The van der Waals surface area contributed by atoms with E-state index in [0.29, 0.717) is 10.7 Å². The number of rotatable bonds is 4. The molecule has 0 fully saturated rings. The number of nitrogens with zero attached hydrogens (tertiary/aromatic N) is 4. The molecule has 0 saturated carbocycles. The third-order valence-corrected chi connectivity index (χ3v) is 6.56. The fraction of sp³-hybridized carbons (Fsp3) is 0.208. The van der Waals surface area contributed by atoms with Crippen LogP contribution in [-0.4, -0.2) is 38.6 Å². The number of benzene rings is 1. The Morgan fingerprint density at radius 2 is 1.91 bits per heavy atom. The van der Waals surface area contributed by atoms with Crippen LogP contribution in [0.5, 0.6) is 0 Å². The average molecular weight is 459 g/mol. The van der Waals surface area contributed by atoms with Crippen LogP contribution in [-0.2, 0) is 17.6 Å². The summed E-state index contributed by atoms with van der Waals surface area (Å²) in [6.45, 7) is 3.49. The molecule has 3 heterocycles. The van der Waals surface area contributed by atoms with Gasteiger partial charge in [0.05, 0.1) is 27.6 Å². The van der Waals surface area contributed by atoms with E-state index in [1.807, 2.05) is 36.1 Å². The molecule has 2 amide bonds. The van der Waals surface area contributed by atoms with E-state index in [9.17, 15) is 9.59 Å². The summed E-state index contributed by atoms with van der Waals surface area (Å²) in [6, 6.07) is 9.43. The predicted molar refractivity (Wildman–Crippen MR) is 128 cm³/mol. The number of hydrogen-bond donors (Lipinski definition) is 2. The average Bonchev–Trinajstić information content (AvgIpc) is 3.39. The van der Waals surface area contributed by atoms with Gasteiger partial charge in [-0.15, -0.1) is 0 Å². The van der Waals surface area contributed by atoms with Crippen molar-refractivity contribution in [3.63, 3.8) is 0 Å². The third-order valence-electron chi connectivity index (χ3n) is 5.54. The van der Waals surface area contributed by atoms with Crippen molar-refractivity contribution in [3.8, 4) is 27.5 Å². The van der Waals surface area contributed by atoms with Gasteiger partial charge in [-0.3, -0.25) is 14.6 Å². The van der Waals surface area contributed by atoms with Gasteiger partial charge in [-0.05, 0) is 55.7 Å². The minimum Gasteiger partial charge on any atom is -0.355 e. The van der Waals surface area contributed by atoms with E-state index in [2.05, 4.69) is 26.7 Å². The smallest absolute Gasteiger partial charge is 0.251 e. The van der Waals surface area contributed by atoms with Gasteiger partial charge in [-0.2, -0.15) is 5.10 Å². The lowest BCUT2D eigenvalue weighted by Crippen LogP contribution is -2.17. The molecular weight excluding hydrogens is 436 g/mol. The highest BCUT2D eigenvalue weighted by Crippen LogP contribution is 2.44. The molecular formula is C24H22N6O2S. The summed E-state index contributed by atoms with van der Waals surface area (Å²) < 4.78 is 1.91. The van der Waals surface area contributed by atoms with Gasteiger partial charge in [0.2, 0.25) is 5.91 Å². The van der Waals surface area contributed by atoms with Crippen molar-refractivity contribution < 1.29 is 9.59 Å². The molecule has 1 aromatic carbocycles. The molecule has 1 aliphatic rings. The quantitative estimate of drug-likeness (QED) is 0.485. The monoisotopic (exact) mass is 458 g/mol. The fourth-order valence-corrected chi connectivity index (χ4v) is 5.19. The summed E-state index contributed by atoms with van der Waals surface area (Å²) in [7, 11) is 1.61. The fourth-order valence-electron chi connectivity index (χ4n) is 4.08. The van der Waals surface area contributed by atoms with E-state index in [1.54, 1.807) is 19.2 Å². The Hall–Kier alpha value is -3.85. The summed E-state index contributed by atoms with van der Waals surface area (Å²) in [5.74, 6) is -0.286. The summed E-state index contributed by atoms with van der Waals surface area (Å²) in [6.07, 6.45) is 5.21. The second-order valence-corrected chi connectivity index (χ2v) is 8.94. The van der Waals surface area contributed by atoms with Crippen molar-refractivity contribution in [2.45, 2.75) is 26.7 Å². The van der Waals surface area contributed by atoms with Crippen LogP contribution in [0.1, 0.15) is 34.1 Å². The van der Waals surface area contributed by atoms with E-state index in [0.717, 1.165) is 57.2 Å². The molecule has 33 heavy (non-hydrogen) atoms. The van der Waals surface area contributed by atoms with E-state index in [-0.39, 0.29) is 11.8 Å². The normalized spacial score (nSPS) is 12.1. The van der Waals surface area contributed by atoms with Crippen LogP contribution in [0, 0.1) is 6.92 Å². The molecule has 0 unspecified atom stereocenters. The first-order chi connectivity index (χ1) is 15.9. The van der Waals surface area contributed by atoms with E-state index in [4.69, 9.17) is 5.10 Å². The zero-order valence-electron chi connectivity index (χ0n) is 18.5. The van der Waals surface area contributed by atoms with Crippen LogP contribution in [0.3, 0.4) is 0 Å². The molecule has 9 heteroatoms. The van der Waals surface area contributed by atoms with Gasteiger partial charge in [-0.25, -0.2) is 9.67 Å². The molecule has 166 valence electrons. The number of carbonyl (C=O) groups is 2. The van der Waals surface area contributed by atoms with Crippen LogP contribution in [0.25, 0.3) is 27.5 Å². The maximum Gasteiger partial charge on any atom is 0.251 e. The number of nitrogens with one attached hydrogen (secondary N) is 2. The molecule has 0 bridgehead atoms. The zero-order valence-corrected chi connectivity index (χ0v) is 19.3. The first-order valence-electron chi connectivity index (χ1n) is 10.6. The van der Waals surface area contributed by atoms with Crippen molar-refractivity contribution in [2.24, 2.45) is 0 Å². The predicted octanol–water partition coefficient (Wildman–Crippen LogP) is 3.78. The summed E-state index contributed by atoms with van der Waals surface area (Å²) in [5, 5.41) is 11.0. The number of aromatic nitrogens is 4. The Bertz CT molecular complexity index is 1390. The molecule has 1 aliphatic carbocycles. The molecule has 0 atom stereocenters. The number of thiazole rings is 1. The van der Waals surface area contributed by atoms with E-state index >= 15 is 0 Å². The highest BCUT2D eigenvalue weighted by molar-refractivity contribution is 7.19.